The molecule has 1 fully saturated rings. The summed E-state index contributed by atoms with van der Waals surface area (Å²) in [6, 6.07) is 20.5. The highest BCUT2D eigenvalue weighted by atomic mass is 19.1. The molecule has 3 aromatic carbocycles. The van der Waals surface area contributed by atoms with Crippen LogP contribution in [0.4, 0.5) is 4.39 Å². The lowest BCUT2D eigenvalue weighted by Gasteiger charge is -2.20. The minimum Gasteiger partial charge on any atom is -0.444 e. The number of para-hydroxylation sites is 1. The van der Waals surface area contributed by atoms with Gasteiger partial charge in [-0.25, -0.2) is 9.18 Å². The first-order valence-corrected chi connectivity index (χ1v) is 17.9. The molecule has 1 unspecified atom stereocenters. The normalized spacial score (nSPS) is 14.4. The van der Waals surface area contributed by atoms with Gasteiger partial charge in [0.1, 0.15) is 11.3 Å². The molecular weight excluding hydrogens is 700 g/mol. The highest BCUT2D eigenvalue weighted by Crippen LogP contribution is 2.36. The minimum atomic E-state index is -0.666. The molecule has 4 aromatic heterocycles. The largest absolute Gasteiger partial charge is 0.444 e. The lowest BCUT2D eigenvalue weighted by atomic mass is 9.89. The number of nitrogens with one attached hydrogen (secondary N) is 2. The number of hydrogen-bond donors (Lipinski definition) is 2. The molecule has 0 radical (unpaired) electrons. The van der Waals surface area contributed by atoms with E-state index in [4.69, 9.17) is 9.40 Å². The van der Waals surface area contributed by atoms with E-state index in [1.165, 1.54) is 6.07 Å². The molecule has 0 spiro atoms. The number of amides is 3. The number of imidazole rings is 1. The fourth-order valence-electron chi connectivity index (χ4n) is 7.34. The SMILES string of the molecule is CC(C)c1cc(-c2cccc3cc(-c4ccc(C(=O)NCC#Cc5oc6c(C7CCC(=O)NC7=O)cccc6c5F)nc4)ncc23)cc2c1n(C)c(=O)n2C. The highest BCUT2D eigenvalue weighted by molar-refractivity contribution is 6.03. The molecule has 1 aliphatic heterocycles. The van der Waals surface area contributed by atoms with E-state index in [0.717, 1.165) is 44.1 Å². The quantitative estimate of drug-likeness (QED) is 0.148. The van der Waals surface area contributed by atoms with Crippen molar-refractivity contribution in [3.8, 4) is 34.2 Å². The Labute approximate surface area is 314 Å². The number of benzene rings is 3. The Morgan fingerprint density at radius 3 is 2.56 bits per heavy atom. The van der Waals surface area contributed by atoms with Gasteiger partial charge in [-0.2, -0.15) is 0 Å². The first kappa shape index (κ1) is 35.2. The average molecular weight is 735 g/mol. The van der Waals surface area contributed by atoms with Crippen LogP contribution in [0.15, 0.2) is 88.3 Å². The predicted octanol–water partition coefficient (Wildman–Crippen LogP) is 6.46. The van der Waals surface area contributed by atoms with Crippen molar-refractivity contribution in [1.82, 2.24) is 29.7 Å². The van der Waals surface area contributed by atoms with Gasteiger partial charge < -0.3 is 9.73 Å². The molecule has 274 valence electrons. The first-order valence-electron chi connectivity index (χ1n) is 17.9. The molecule has 12 heteroatoms. The van der Waals surface area contributed by atoms with Gasteiger partial charge in [0.25, 0.3) is 5.91 Å². The second-order valence-corrected chi connectivity index (χ2v) is 14.0. The maximum atomic E-state index is 15.2. The van der Waals surface area contributed by atoms with Crippen molar-refractivity contribution in [2.75, 3.05) is 6.54 Å². The molecule has 0 aliphatic carbocycles. The Balaban J connectivity index is 0.978. The van der Waals surface area contributed by atoms with Gasteiger partial charge in [-0.05, 0) is 76.7 Å². The lowest BCUT2D eigenvalue weighted by molar-refractivity contribution is -0.134. The molecule has 0 saturated carbocycles. The van der Waals surface area contributed by atoms with E-state index in [1.54, 1.807) is 53.7 Å². The number of aromatic nitrogens is 4. The number of aryl methyl sites for hydroxylation is 2. The van der Waals surface area contributed by atoms with E-state index in [9.17, 15) is 19.2 Å². The zero-order valence-electron chi connectivity index (χ0n) is 30.5. The Hall–Kier alpha value is -6.87. The van der Waals surface area contributed by atoms with Crippen LogP contribution in [0.2, 0.25) is 0 Å². The standard InChI is InChI=1S/C43H35FN6O5/c1-23(2)31-18-26(20-35-39(31)50(4)43(54)49(35)3)27-9-5-8-24-19-34(47-22-32(24)27)25-13-15-33(46-21-25)42(53)45-17-7-12-36-38(44)30-11-6-10-28(40(30)55-36)29-14-16-37(51)48-41(29)52/h5-6,8-11,13,15,18-23,29H,14,16-17H2,1-4H3,(H,45,53)(H,48,51,52). The number of carbonyl (C=O) groups excluding carboxylic acids is 3. The summed E-state index contributed by atoms with van der Waals surface area (Å²) in [5, 5.41) is 7.11. The molecule has 55 heavy (non-hydrogen) atoms. The number of nitrogens with zero attached hydrogens (tertiary/aromatic N) is 4. The summed E-state index contributed by atoms with van der Waals surface area (Å²) in [4.78, 5) is 58.9. The van der Waals surface area contributed by atoms with Gasteiger partial charge in [0.2, 0.25) is 17.6 Å². The van der Waals surface area contributed by atoms with E-state index in [2.05, 4.69) is 59.5 Å². The average Bonchev–Trinajstić information content (AvgIpc) is 3.63. The van der Waals surface area contributed by atoms with Gasteiger partial charge in [-0.15, -0.1) is 0 Å². The molecule has 2 N–H and O–H groups in total. The minimum absolute atomic E-state index is 0.0654. The number of fused-ring (bicyclic) bond motifs is 3. The molecule has 3 amide bonds. The second kappa shape index (κ2) is 13.8. The third kappa shape index (κ3) is 6.23. The number of furan rings is 1. The summed E-state index contributed by atoms with van der Waals surface area (Å²) in [5.41, 5.74) is 7.12. The van der Waals surface area contributed by atoms with Gasteiger partial charge in [0.05, 0.1) is 34.6 Å². The van der Waals surface area contributed by atoms with Crippen molar-refractivity contribution in [3.05, 3.63) is 118 Å². The predicted molar refractivity (Wildman–Crippen MR) is 207 cm³/mol. The maximum Gasteiger partial charge on any atom is 0.328 e. The summed E-state index contributed by atoms with van der Waals surface area (Å²) in [7, 11) is 3.60. The third-order valence-electron chi connectivity index (χ3n) is 10.2. The molecule has 1 atom stereocenters. The molecule has 8 rings (SSSR count). The van der Waals surface area contributed by atoms with Crippen LogP contribution < -0.4 is 16.3 Å². The van der Waals surface area contributed by atoms with Crippen molar-refractivity contribution < 1.29 is 23.2 Å². The van der Waals surface area contributed by atoms with Crippen molar-refractivity contribution in [3.63, 3.8) is 0 Å². The van der Waals surface area contributed by atoms with E-state index < -0.39 is 23.5 Å². The van der Waals surface area contributed by atoms with Crippen LogP contribution in [0.25, 0.3) is 55.2 Å². The number of rotatable bonds is 6. The smallest absolute Gasteiger partial charge is 0.328 e. The van der Waals surface area contributed by atoms with E-state index in [0.29, 0.717) is 17.7 Å². The van der Waals surface area contributed by atoms with Crippen LogP contribution in [0.5, 0.6) is 0 Å². The van der Waals surface area contributed by atoms with E-state index in [1.807, 2.05) is 24.4 Å². The molecule has 11 nitrogen and oxygen atoms in total. The van der Waals surface area contributed by atoms with Crippen molar-refractivity contribution >= 4 is 50.5 Å². The third-order valence-corrected chi connectivity index (χ3v) is 10.2. The summed E-state index contributed by atoms with van der Waals surface area (Å²) in [6.45, 7) is 4.15. The van der Waals surface area contributed by atoms with Crippen LogP contribution in [0.1, 0.15) is 65.9 Å². The van der Waals surface area contributed by atoms with Gasteiger partial charge in [0, 0.05) is 49.4 Å². The fourth-order valence-corrected chi connectivity index (χ4v) is 7.34. The summed E-state index contributed by atoms with van der Waals surface area (Å²) >= 11 is 0. The first-order chi connectivity index (χ1) is 26.5. The van der Waals surface area contributed by atoms with Gasteiger partial charge in [0.15, 0.2) is 5.82 Å². The number of imide groups is 1. The Bertz CT molecular complexity index is 2860. The molecule has 0 bridgehead atoms. The monoisotopic (exact) mass is 734 g/mol. The number of carbonyl (C=O) groups is 3. The van der Waals surface area contributed by atoms with Crippen LogP contribution >= 0.6 is 0 Å². The summed E-state index contributed by atoms with van der Waals surface area (Å²) in [6.07, 6.45) is 3.90. The van der Waals surface area contributed by atoms with Crippen LogP contribution in [-0.4, -0.2) is 43.4 Å². The molecular formula is C43H35FN6O5. The Morgan fingerprint density at radius 1 is 0.982 bits per heavy atom. The Kier molecular flexibility index (Phi) is 8.85. The number of piperidine rings is 1. The number of hydrogen-bond acceptors (Lipinski definition) is 7. The second-order valence-electron chi connectivity index (χ2n) is 14.0. The van der Waals surface area contributed by atoms with Crippen LogP contribution in [0.3, 0.4) is 0 Å². The van der Waals surface area contributed by atoms with Gasteiger partial charge in [-0.1, -0.05) is 50.1 Å². The zero-order chi connectivity index (χ0) is 38.5. The van der Waals surface area contributed by atoms with Gasteiger partial charge in [-0.3, -0.25) is 38.8 Å². The number of pyridine rings is 2. The molecule has 1 aliphatic rings. The highest BCUT2D eigenvalue weighted by Gasteiger charge is 2.31. The topological polar surface area (TPSA) is 141 Å². The molecule has 1 saturated heterocycles. The van der Waals surface area contributed by atoms with E-state index >= 15 is 4.39 Å². The van der Waals surface area contributed by atoms with Crippen molar-refractivity contribution in [1.29, 1.82) is 0 Å². The van der Waals surface area contributed by atoms with Gasteiger partial charge >= 0.3 is 5.69 Å². The zero-order valence-corrected chi connectivity index (χ0v) is 30.5. The molecule has 5 heterocycles. The van der Waals surface area contributed by atoms with E-state index in [-0.39, 0.29) is 52.9 Å². The van der Waals surface area contributed by atoms with Crippen LogP contribution in [0, 0.1) is 17.7 Å². The van der Waals surface area contributed by atoms with Crippen molar-refractivity contribution in [2.45, 2.75) is 38.5 Å². The molecule has 7 aromatic rings. The van der Waals surface area contributed by atoms with Crippen molar-refractivity contribution in [2.24, 2.45) is 14.1 Å². The fraction of sp³-hybridized carbons (Fsp3) is 0.209. The summed E-state index contributed by atoms with van der Waals surface area (Å²) < 4.78 is 24.3. The number of halogens is 1. The van der Waals surface area contributed by atoms with Crippen LogP contribution in [-0.2, 0) is 23.7 Å². The summed E-state index contributed by atoms with van der Waals surface area (Å²) in [5.74, 6) is 2.78. The lowest BCUT2D eigenvalue weighted by Crippen LogP contribution is -2.39. The Morgan fingerprint density at radius 2 is 1.80 bits per heavy atom. The maximum absolute atomic E-state index is 15.2.